The number of likely N-dealkylation sites (N-methyl/N-ethyl adjacent to an activating group) is 1. The predicted octanol–water partition coefficient (Wildman–Crippen LogP) is 6.16. The molecule has 0 spiro atoms. The molecule has 5 nitrogen and oxygen atoms in total. The summed E-state index contributed by atoms with van der Waals surface area (Å²) >= 11 is 18.1. The minimum Gasteiger partial charge on any atom is -0.333 e. The molecule has 1 unspecified atom stereocenters. The molecule has 1 aliphatic heterocycles. The second kappa shape index (κ2) is 10.1. The van der Waals surface area contributed by atoms with Crippen LogP contribution in [-0.4, -0.2) is 37.0 Å². The van der Waals surface area contributed by atoms with Crippen molar-refractivity contribution in [3.05, 3.63) is 93.5 Å². The smallest absolute Gasteiger partial charge is 0.333 e. The molecule has 0 saturated heterocycles. The zero-order chi connectivity index (χ0) is 26.2. The molecule has 186 valence electrons. The highest BCUT2D eigenvalue weighted by molar-refractivity contribution is 7.80. The number of hydrogen-bond acceptors (Lipinski definition) is 3. The molecule has 0 saturated carbocycles. The Balaban J connectivity index is 1.77. The van der Waals surface area contributed by atoms with Crippen LogP contribution in [0.4, 0.5) is 24.5 Å². The normalized spacial score (nSPS) is 15.6. The summed E-state index contributed by atoms with van der Waals surface area (Å²) in [6.45, 7) is 0. The van der Waals surface area contributed by atoms with E-state index in [9.17, 15) is 18.0 Å². The van der Waals surface area contributed by atoms with E-state index in [1.165, 1.54) is 30.1 Å². The third kappa shape index (κ3) is 5.04. The molecule has 0 aromatic heterocycles. The lowest BCUT2D eigenvalue weighted by Crippen LogP contribution is -2.50. The number of fused-ring (bicyclic) bond motifs is 1. The van der Waals surface area contributed by atoms with Crippen LogP contribution < -0.4 is 15.1 Å². The zero-order valence-electron chi connectivity index (χ0n) is 19.0. The van der Waals surface area contributed by atoms with E-state index in [0.717, 1.165) is 11.0 Å². The fourth-order valence-electron chi connectivity index (χ4n) is 3.84. The van der Waals surface area contributed by atoms with Gasteiger partial charge in [0.1, 0.15) is 0 Å². The first-order valence-electron chi connectivity index (χ1n) is 10.6. The fraction of sp³-hybridized carbons (Fsp3) is 0.160. The summed E-state index contributed by atoms with van der Waals surface area (Å²) < 4.78 is 40.7. The van der Waals surface area contributed by atoms with Crippen molar-refractivity contribution in [3.8, 4) is 0 Å². The number of anilines is 2. The second-order valence-electron chi connectivity index (χ2n) is 7.94. The van der Waals surface area contributed by atoms with Gasteiger partial charge in [-0.1, -0.05) is 53.5 Å². The Kier molecular flexibility index (Phi) is 7.26. The molecule has 1 N–H and O–H groups in total. The number of halogens is 5. The third-order valence-corrected chi connectivity index (χ3v) is 6.62. The molecule has 0 fully saturated rings. The van der Waals surface area contributed by atoms with E-state index >= 15 is 0 Å². The first-order valence-corrected chi connectivity index (χ1v) is 11.8. The maximum absolute atomic E-state index is 13.6. The van der Waals surface area contributed by atoms with Crippen LogP contribution in [0, 0.1) is 0 Å². The van der Waals surface area contributed by atoms with Gasteiger partial charge in [-0.2, -0.15) is 13.2 Å². The monoisotopic (exact) mass is 550 g/mol. The second-order valence-corrected chi connectivity index (χ2v) is 9.17. The summed E-state index contributed by atoms with van der Waals surface area (Å²) in [5, 5.41) is 3.53. The number of alkyl halides is 3. The van der Waals surface area contributed by atoms with Crippen molar-refractivity contribution in [2.24, 2.45) is 4.99 Å². The van der Waals surface area contributed by atoms with Crippen LogP contribution in [-0.2, 0) is 11.0 Å². The molecule has 1 heterocycles. The van der Waals surface area contributed by atoms with Crippen LogP contribution in [0.25, 0.3) is 0 Å². The highest BCUT2D eigenvalue weighted by Gasteiger charge is 2.36. The Labute approximate surface area is 221 Å². The molecule has 1 atom stereocenters. The highest BCUT2D eigenvalue weighted by Crippen LogP contribution is 2.36. The third-order valence-electron chi connectivity index (χ3n) is 5.66. The van der Waals surface area contributed by atoms with E-state index in [4.69, 9.17) is 35.4 Å². The van der Waals surface area contributed by atoms with Crippen molar-refractivity contribution in [2.75, 3.05) is 23.9 Å². The Morgan fingerprint density at radius 2 is 1.72 bits per heavy atom. The van der Waals surface area contributed by atoms with Crippen molar-refractivity contribution in [1.82, 2.24) is 5.32 Å². The first-order chi connectivity index (χ1) is 17.0. The largest absolute Gasteiger partial charge is 0.418 e. The molecule has 1 aliphatic rings. The number of thiocarbonyl (C=S) groups is 1. The van der Waals surface area contributed by atoms with Crippen LogP contribution in [0.5, 0.6) is 0 Å². The van der Waals surface area contributed by atoms with Crippen molar-refractivity contribution < 1.29 is 18.0 Å². The van der Waals surface area contributed by atoms with Gasteiger partial charge in [0.05, 0.1) is 22.6 Å². The molecule has 11 heteroatoms. The Hall–Kier alpha value is -3.14. The Bertz CT molecular complexity index is 1380. The number of benzene rings is 3. The molecule has 0 radical (unpaired) electrons. The van der Waals surface area contributed by atoms with Gasteiger partial charge in [-0.25, -0.2) is 4.99 Å². The van der Waals surface area contributed by atoms with E-state index in [1.54, 1.807) is 49.5 Å². The average molecular weight is 551 g/mol. The summed E-state index contributed by atoms with van der Waals surface area (Å²) in [6.07, 6.45) is -5.84. The number of benzodiazepines with no additional fused rings is 1. The van der Waals surface area contributed by atoms with Gasteiger partial charge >= 0.3 is 6.18 Å². The van der Waals surface area contributed by atoms with Crippen molar-refractivity contribution >= 4 is 63.5 Å². The molecule has 1 amide bonds. The molecule has 3 aromatic carbocycles. The molecule has 36 heavy (non-hydrogen) atoms. The first kappa shape index (κ1) is 25.9. The standard InChI is InChI=1S/C25H19Cl2F3N4OS/c1-33-19-12-11-14(26)13-16(19)21(15-7-3-5-9-18(15)27)31-22(23(33)35)32-24(36)34(2)20-10-6-4-8-17(20)25(28,29)30/h3-13,22H,1-2H3,(H,32,36). The molecule has 0 aliphatic carbocycles. The van der Waals surface area contributed by atoms with Crippen molar-refractivity contribution in [1.29, 1.82) is 0 Å². The van der Waals surface area contributed by atoms with E-state index < -0.39 is 23.8 Å². The lowest BCUT2D eigenvalue weighted by molar-refractivity contribution is -0.137. The van der Waals surface area contributed by atoms with Crippen LogP contribution in [0.2, 0.25) is 10.0 Å². The average Bonchev–Trinajstić information content (AvgIpc) is 2.93. The molecule has 0 bridgehead atoms. The van der Waals surface area contributed by atoms with Crippen LogP contribution in [0.15, 0.2) is 71.7 Å². The van der Waals surface area contributed by atoms with Gasteiger partial charge in [-0.05, 0) is 48.6 Å². The topological polar surface area (TPSA) is 47.9 Å². The zero-order valence-corrected chi connectivity index (χ0v) is 21.3. The number of nitrogens with zero attached hydrogens (tertiary/aromatic N) is 3. The number of para-hydroxylation sites is 1. The Morgan fingerprint density at radius 1 is 1.06 bits per heavy atom. The lowest BCUT2D eigenvalue weighted by Gasteiger charge is -2.27. The predicted molar refractivity (Wildman–Crippen MR) is 141 cm³/mol. The summed E-state index contributed by atoms with van der Waals surface area (Å²) in [7, 11) is 2.96. The SMILES string of the molecule is CN1C(=O)C(NC(=S)N(C)c2ccccc2C(F)(F)F)N=C(c2ccccc2Cl)c2cc(Cl)ccc21. The number of nitrogens with one attached hydrogen (secondary N) is 1. The number of aliphatic imine (C=N–C) groups is 1. The minimum atomic E-state index is -4.59. The van der Waals surface area contributed by atoms with Gasteiger partial charge in [0.15, 0.2) is 5.11 Å². The number of carbonyl (C=O) groups excluding carboxylic acids is 1. The maximum Gasteiger partial charge on any atom is 0.418 e. The van der Waals surface area contributed by atoms with E-state index in [-0.39, 0.29) is 10.8 Å². The number of carbonyl (C=O) groups is 1. The number of rotatable bonds is 3. The summed E-state index contributed by atoms with van der Waals surface area (Å²) in [4.78, 5) is 20.6. The van der Waals surface area contributed by atoms with Crippen LogP contribution >= 0.6 is 35.4 Å². The molecular weight excluding hydrogens is 532 g/mol. The quantitative estimate of drug-likeness (QED) is 0.396. The summed E-state index contributed by atoms with van der Waals surface area (Å²) in [5.74, 6) is -0.472. The van der Waals surface area contributed by atoms with E-state index in [0.29, 0.717) is 32.6 Å². The van der Waals surface area contributed by atoms with Gasteiger partial charge < -0.3 is 15.1 Å². The van der Waals surface area contributed by atoms with Gasteiger partial charge in [0.2, 0.25) is 6.17 Å². The summed E-state index contributed by atoms with van der Waals surface area (Å²) in [5.41, 5.74) is 1.02. The van der Waals surface area contributed by atoms with Gasteiger partial charge in [-0.3, -0.25) is 4.79 Å². The van der Waals surface area contributed by atoms with Crippen molar-refractivity contribution in [2.45, 2.75) is 12.3 Å². The minimum absolute atomic E-state index is 0.121. The van der Waals surface area contributed by atoms with E-state index in [2.05, 4.69) is 10.3 Å². The van der Waals surface area contributed by atoms with Crippen LogP contribution in [0.1, 0.15) is 16.7 Å². The number of hydrogen-bond donors (Lipinski definition) is 1. The molecule has 4 rings (SSSR count). The lowest BCUT2D eigenvalue weighted by atomic mass is 10.00. The molecular formula is C25H19Cl2F3N4OS. The Morgan fingerprint density at radius 3 is 2.42 bits per heavy atom. The maximum atomic E-state index is 13.6. The van der Waals surface area contributed by atoms with Gasteiger partial charge in [0, 0.05) is 35.3 Å². The highest BCUT2D eigenvalue weighted by atomic mass is 35.5. The summed E-state index contributed by atoms with van der Waals surface area (Å²) in [6, 6.07) is 17.0. The van der Waals surface area contributed by atoms with E-state index in [1.807, 2.05) is 0 Å². The number of amides is 1. The van der Waals surface area contributed by atoms with Gasteiger partial charge in [-0.15, -0.1) is 0 Å². The molecule has 3 aromatic rings. The van der Waals surface area contributed by atoms with Gasteiger partial charge in [0.25, 0.3) is 5.91 Å². The fourth-order valence-corrected chi connectivity index (χ4v) is 4.44. The van der Waals surface area contributed by atoms with Crippen LogP contribution in [0.3, 0.4) is 0 Å². The van der Waals surface area contributed by atoms with Crippen molar-refractivity contribution in [3.63, 3.8) is 0 Å².